The highest BCUT2D eigenvalue weighted by molar-refractivity contribution is 9.10. The lowest BCUT2D eigenvalue weighted by Crippen LogP contribution is -2.42. The third kappa shape index (κ3) is 5.53. The fourth-order valence-electron chi connectivity index (χ4n) is 6.34. The molecule has 36 heavy (non-hydrogen) atoms. The predicted molar refractivity (Wildman–Crippen MR) is 149 cm³/mol. The number of amides is 2. The van der Waals surface area contributed by atoms with Gasteiger partial charge in [-0.05, 0) is 101 Å². The van der Waals surface area contributed by atoms with E-state index in [4.69, 9.17) is 16.6 Å². The number of aromatic nitrogens is 1. The highest BCUT2D eigenvalue weighted by Crippen LogP contribution is 2.46. The summed E-state index contributed by atoms with van der Waals surface area (Å²) < 4.78 is 2.07. The van der Waals surface area contributed by atoms with Crippen LogP contribution in [0.2, 0.25) is 5.02 Å². The molecule has 2 saturated heterocycles. The van der Waals surface area contributed by atoms with Gasteiger partial charge in [0.25, 0.3) is 0 Å². The first-order valence-electron chi connectivity index (χ1n) is 13.0. The van der Waals surface area contributed by atoms with Crippen molar-refractivity contribution in [3.63, 3.8) is 0 Å². The summed E-state index contributed by atoms with van der Waals surface area (Å²) in [5.41, 5.74) is 5.07. The summed E-state index contributed by atoms with van der Waals surface area (Å²) in [6, 6.07) is 6.34. The molecular weight excluding hydrogens is 606 g/mol. The zero-order valence-corrected chi connectivity index (χ0v) is 24.5. The van der Waals surface area contributed by atoms with Gasteiger partial charge in [0.15, 0.2) is 0 Å². The van der Waals surface area contributed by atoms with Gasteiger partial charge in [0.1, 0.15) is 0 Å². The molecule has 0 unspecified atom stereocenters. The van der Waals surface area contributed by atoms with Gasteiger partial charge < -0.3 is 9.80 Å². The second-order valence-electron chi connectivity index (χ2n) is 10.5. The van der Waals surface area contributed by atoms with Gasteiger partial charge in [-0.25, -0.2) is 0 Å². The molecule has 1 aromatic heterocycles. The van der Waals surface area contributed by atoms with E-state index in [9.17, 15) is 9.59 Å². The number of halogens is 3. The van der Waals surface area contributed by atoms with Gasteiger partial charge in [-0.2, -0.15) is 0 Å². The maximum atomic E-state index is 13.2. The first kappa shape index (κ1) is 26.2. The van der Waals surface area contributed by atoms with Crippen molar-refractivity contribution in [1.29, 1.82) is 0 Å². The molecule has 192 valence electrons. The molecule has 0 N–H and O–H groups in total. The highest BCUT2D eigenvalue weighted by Gasteiger charge is 2.36. The summed E-state index contributed by atoms with van der Waals surface area (Å²) in [7, 11) is 0. The fourth-order valence-corrected chi connectivity index (χ4v) is 7.84. The third-order valence-electron chi connectivity index (χ3n) is 8.30. The van der Waals surface area contributed by atoms with Crippen molar-refractivity contribution < 1.29 is 9.59 Å². The van der Waals surface area contributed by atoms with Crippen molar-refractivity contribution in [2.24, 2.45) is 11.8 Å². The summed E-state index contributed by atoms with van der Waals surface area (Å²) in [5.74, 6) is 1.39. The van der Waals surface area contributed by atoms with E-state index in [0.29, 0.717) is 18.3 Å². The number of pyridine rings is 1. The molecule has 5 rings (SSSR count). The lowest BCUT2D eigenvalue weighted by atomic mass is 9.76. The van der Waals surface area contributed by atoms with E-state index in [1.165, 1.54) is 22.4 Å². The number of rotatable bonds is 3. The Bertz CT molecular complexity index is 1160. The summed E-state index contributed by atoms with van der Waals surface area (Å²) >= 11 is 13.9. The zero-order valence-electron chi connectivity index (χ0n) is 20.6. The number of hydrogen-bond donors (Lipinski definition) is 0. The van der Waals surface area contributed by atoms with E-state index in [1.54, 1.807) is 6.92 Å². The van der Waals surface area contributed by atoms with Crippen molar-refractivity contribution >= 4 is 55.3 Å². The standard InChI is InChI=1S/C28H32Br2ClN3O2/c1-17(35)33-8-4-18(5-9-33)12-25(36)34-10-6-19(7-11-34)27-26-20(14-23(31)15-24(26)30)2-3-21-13-22(29)16-32-28(21)27/h13-16,18-19,27H,2-12H2,1H3/t27-/m0/s1. The Hall–Kier alpha value is -1.44. The fraction of sp³-hybridized carbons (Fsp3) is 0.536. The number of piperidine rings is 2. The number of likely N-dealkylation sites (tertiary alicyclic amines) is 2. The molecule has 5 nitrogen and oxygen atoms in total. The van der Waals surface area contributed by atoms with Gasteiger partial charge >= 0.3 is 0 Å². The minimum absolute atomic E-state index is 0.138. The molecule has 0 bridgehead atoms. The topological polar surface area (TPSA) is 53.5 Å². The van der Waals surface area contributed by atoms with Crippen molar-refractivity contribution in [2.75, 3.05) is 26.2 Å². The molecule has 0 radical (unpaired) electrons. The smallest absolute Gasteiger partial charge is 0.222 e. The first-order valence-corrected chi connectivity index (χ1v) is 14.9. The summed E-state index contributed by atoms with van der Waals surface area (Å²) in [6.45, 7) is 4.76. The van der Waals surface area contributed by atoms with Crippen LogP contribution in [0, 0.1) is 11.8 Å². The summed E-state index contributed by atoms with van der Waals surface area (Å²) in [5, 5.41) is 0.758. The van der Waals surface area contributed by atoms with Crippen LogP contribution < -0.4 is 0 Å². The van der Waals surface area contributed by atoms with Crippen LogP contribution in [0.15, 0.2) is 33.3 Å². The molecule has 3 aliphatic rings. The van der Waals surface area contributed by atoms with Gasteiger partial charge in [0.2, 0.25) is 11.8 Å². The average Bonchev–Trinajstić information content (AvgIpc) is 3.01. The number of aryl methyl sites for hydroxylation is 2. The van der Waals surface area contributed by atoms with Gasteiger partial charge in [-0.1, -0.05) is 27.5 Å². The largest absolute Gasteiger partial charge is 0.343 e. The molecule has 3 heterocycles. The Morgan fingerprint density at radius 2 is 1.64 bits per heavy atom. The Kier molecular flexibility index (Phi) is 8.09. The average molecular weight is 638 g/mol. The molecule has 2 fully saturated rings. The Labute approximate surface area is 235 Å². The van der Waals surface area contributed by atoms with Crippen LogP contribution in [0.5, 0.6) is 0 Å². The predicted octanol–water partition coefficient (Wildman–Crippen LogP) is 6.38. The van der Waals surface area contributed by atoms with Crippen molar-refractivity contribution in [3.05, 3.63) is 60.7 Å². The second kappa shape index (κ2) is 11.1. The lowest BCUT2D eigenvalue weighted by molar-refractivity contribution is -0.134. The van der Waals surface area contributed by atoms with E-state index in [1.807, 2.05) is 17.2 Å². The molecule has 2 amide bonds. The SMILES string of the molecule is CC(=O)N1CCC(CC(=O)N2CCC([C@@H]3c4ncc(Br)cc4CCc4cc(Cl)cc(Br)c43)CC2)CC1. The molecular formula is C28H32Br2ClN3O2. The molecule has 2 aliphatic heterocycles. The normalized spacial score (nSPS) is 21.1. The number of fused-ring (bicyclic) bond motifs is 2. The van der Waals surface area contributed by atoms with Crippen LogP contribution in [-0.2, 0) is 22.4 Å². The Morgan fingerprint density at radius 3 is 2.33 bits per heavy atom. The highest BCUT2D eigenvalue weighted by atomic mass is 79.9. The van der Waals surface area contributed by atoms with E-state index in [0.717, 1.165) is 78.7 Å². The number of carbonyl (C=O) groups is 2. The number of carbonyl (C=O) groups excluding carboxylic acids is 2. The zero-order chi connectivity index (χ0) is 25.4. The molecule has 2 aromatic rings. The Morgan fingerprint density at radius 1 is 0.972 bits per heavy atom. The lowest BCUT2D eigenvalue weighted by Gasteiger charge is -2.38. The molecule has 1 atom stereocenters. The van der Waals surface area contributed by atoms with Gasteiger partial charge in [-0.15, -0.1) is 0 Å². The van der Waals surface area contributed by atoms with Crippen LogP contribution in [0.4, 0.5) is 0 Å². The monoisotopic (exact) mass is 635 g/mol. The van der Waals surface area contributed by atoms with E-state index < -0.39 is 0 Å². The Balaban J connectivity index is 1.31. The first-order chi connectivity index (χ1) is 17.3. The van der Waals surface area contributed by atoms with Crippen LogP contribution in [-0.4, -0.2) is 52.8 Å². The van der Waals surface area contributed by atoms with Gasteiger partial charge in [-0.3, -0.25) is 14.6 Å². The molecule has 0 saturated carbocycles. The maximum Gasteiger partial charge on any atom is 0.222 e. The minimum atomic E-state index is 0.138. The minimum Gasteiger partial charge on any atom is -0.343 e. The molecule has 8 heteroatoms. The number of benzene rings is 1. The quantitative estimate of drug-likeness (QED) is 0.393. The molecule has 0 spiro atoms. The van der Waals surface area contributed by atoms with Crippen LogP contribution in [0.1, 0.15) is 67.3 Å². The van der Waals surface area contributed by atoms with Crippen LogP contribution in [0.25, 0.3) is 0 Å². The number of nitrogens with zero attached hydrogens (tertiary/aromatic N) is 3. The van der Waals surface area contributed by atoms with Crippen LogP contribution in [0.3, 0.4) is 0 Å². The van der Waals surface area contributed by atoms with E-state index >= 15 is 0 Å². The summed E-state index contributed by atoms with van der Waals surface area (Å²) in [6.07, 6.45) is 8.18. The maximum absolute atomic E-state index is 13.2. The number of hydrogen-bond acceptors (Lipinski definition) is 3. The van der Waals surface area contributed by atoms with E-state index in [2.05, 4.69) is 48.9 Å². The molecule has 1 aromatic carbocycles. The van der Waals surface area contributed by atoms with Gasteiger partial charge in [0.05, 0.1) is 5.69 Å². The van der Waals surface area contributed by atoms with Crippen molar-refractivity contribution in [1.82, 2.24) is 14.8 Å². The van der Waals surface area contributed by atoms with Crippen molar-refractivity contribution in [2.45, 2.75) is 57.8 Å². The summed E-state index contributed by atoms with van der Waals surface area (Å²) in [4.78, 5) is 33.7. The van der Waals surface area contributed by atoms with E-state index in [-0.39, 0.29) is 17.7 Å². The second-order valence-corrected chi connectivity index (χ2v) is 12.7. The van der Waals surface area contributed by atoms with Gasteiger partial charge in [0, 0.05) is 65.6 Å². The van der Waals surface area contributed by atoms with Crippen LogP contribution >= 0.6 is 43.5 Å². The molecule has 1 aliphatic carbocycles. The van der Waals surface area contributed by atoms with Crippen molar-refractivity contribution in [3.8, 4) is 0 Å². The third-order valence-corrected chi connectivity index (χ3v) is 9.61.